The minimum Gasteiger partial charge on any atom is -0.294 e. The lowest BCUT2D eigenvalue weighted by Gasteiger charge is -2.30. The van der Waals surface area contributed by atoms with Gasteiger partial charge in [0.2, 0.25) is 0 Å². The van der Waals surface area contributed by atoms with Gasteiger partial charge >= 0.3 is 0 Å². The number of hydrogen-bond donors (Lipinski definition) is 3. The number of hydroxylamine groups is 2. The molecule has 0 atom stereocenters. The number of amides is 2. The highest BCUT2D eigenvalue weighted by molar-refractivity contribution is 5.97. The molecule has 3 rings (SSSR count). The summed E-state index contributed by atoms with van der Waals surface area (Å²) < 4.78 is 0. The summed E-state index contributed by atoms with van der Waals surface area (Å²) in [6, 6.07) is 19.3. The van der Waals surface area contributed by atoms with Crippen molar-refractivity contribution in [3.05, 3.63) is 82.9 Å². The topological polar surface area (TPSA) is 90.9 Å². The number of carbonyl (C=O) groups is 2. The number of hydrogen-bond acceptors (Lipinski definition) is 5. The average Bonchev–Trinajstić information content (AvgIpc) is 2.81. The van der Waals surface area contributed by atoms with E-state index in [1.165, 1.54) is 29.8 Å². The quantitative estimate of drug-likeness (QED) is 0.332. The van der Waals surface area contributed by atoms with Crippen LogP contribution in [0.5, 0.6) is 0 Å². The molecule has 0 aliphatic carbocycles. The summed E-state index contributed by atoms with van der Waals surface area (Å²) >= 11 is 0. The maximum Gasteiger partial charge on any atom is 0.274 e. The van der Waals surface area contributed by atoms with Crippen LogP contribution in [-0.2, 0) is 18.0 Å². The Hall–Kier alpha value is -3.26. The van der Waals surface area contributed by atoms with Crippen molar-refractivity contribution in [3.63, 3.8) is 0 Å². The van der Waals surface area contributed by atoms with E-state index in [1.54, 1.807) is 5.48 Å². The first-order valence-corrected chi connectivity index (χ1v) is 11.0. The summed E-state index contributed by atoms with van der Waals surface area (Å²) in [6.07, 6.45) is 0. The van der Waals surface area contributed by atoms with E-state index in [9.17, 15) is 9.59 Å². The van der Waals surface area contributed by atoms with Gasteiger partial charge in [0.25, 0.3) is 11.8 Å². The van der Waals surface area contributed by atoms with Crippen molar-refractivity contribution < 1.29 is 19.6 Å². The van der Waals surface area contributed by atoms with Crippen LogP contribution in [0.25, 0.3) is 10.8 Å². The average molecular weight is 450 g/mol. The lowest BCUT2D eigenvalue weighted by Crippen LogP contribution is -2.36. The van der Waals surface area contributed by atoms with Crippen LogP contribution >= 0.6 is 0 Å². The van der Waals surface area contributed by atoms with Crippen LogP contribution in [0.2, 0.25) is 0 Å². The highest BCUT2D eigenvalue weighted by atomic mass is 16.6. The molecule has 0 unspecified atom stereocenters. The molecule has 7 nitrogen and oxygen atoms in total. The van der Waals surface area contributed by atoms with Gasteiger partial charge in [-0.3, -0.25) is 24.5 Å². The second-order valence-corrected chi connectivity index (χ2v) is 8.57. The molecule has 0 heterocycles. The largest absolute Gasteiger partial charge is 0.294 e. The predicted octanol–water partition coefficient (Wildman–Crippen LogP) is 4.44. The standard InChI is InChI=1S/C26H31N3O4/c1-17(2)29(18(3)4)15-19-8-13-24-22(14-19)6-5-7-23(24)16-33-28-26(31)21-11-9-20(10-12-21)25(30)27-32/h5-14,17-18,32H,15-16H2,1-4H3,(H,27,30)(H,28,31). The first-order valence-electron chi connectivity index (χ1n) is 11.0. The Balaban J connectivity index is 1.64. The minimum absolute atomic E-state index is 0.220. The third kappa shape index (κ3) is 6.16. The normalized spacial score (nSPS) is 11.4. The molecule has 2 amide bonds. The first-order chi connectivity index (χ1) is 15.8. The molecule has 0 aromatic heterocycles. The van der Waals surface area contributed by atoms with E-state index in [2.05, 4.69) is 62.3 Å². The van der Waals surface area contributed by atoms with Crippen molar-refractivity contribution in [3.8, 4) is 0 Å². The van der Waals surface area contributed by atoms with E-state index in [0.29, 0.717) is 17.6 Å². The van der Waals surface area contributed by atoms with E-state index in [4.69, 9.17) is 10.0 Å². The molecule has 0 aliphatic heterocycles. The van der Waals surface area contributed by atoms with Crippen LogP contribution in [0.3, 0.4) is 0 Å². The molecule has 174 valence electrons. The van der Waals surface area contributed by atoms with E-state index in [0.717, 1.165) is 22.9 Å². The number of benzene rings is 3. The number of nitrogens with zero attached hydrogens (tertiary/aromatic N) is 1. The van der Waals surface area contributed by atoms with Crippen molar-refractivity contribution in [2.24, 2.45) is 0 Å². The summed E-state index contributed by atoms with van der Waals surface area (Å²) in [6.45, 7) is 9.96. The molecule has 0 saturated carbocycles. The second-order valence-electron chi connectivity index (χ2n) is 8.57. The molecule has 3 aromatic carbocycles. The van der Waals surface area contributed by atoms with Gasteiger partial charge in [-0.15, -0.1) is 0 Å². The van der Waals surface area contributed by atoms with Gasteiger partial charge in [-0.1, -0.05) is 30.3 Å². The van der Waals surface area contributed by atoms with Gasteiger partial charge in [-0.05, 0) is 79.9 Å². The number of carbonyl (C=O) groups excluding carboxylic acids is 2. The van der Waals surface area contributed by atoms with Gasteiger partial charge in [-0.2, -0.15) is 0 Å². The van der Waals surface area contributed by atoms with Crippen molar-refractivity contribution in [2.45, 2.75) is 52.9 Å². The second kappa shape index (κ2) is 11.0. The molecule has 0 bridgehead atoms. The van der Waals surface area contributed by atoms with Gasteiger partial charge in [0, 0.05) is 29.8 Å². The molecular formula is C26H31N3O4. The Morgan fingerprint density at radius 1 is 0.909 bits per heavy atom. The van der Waals surface area contributed by atoms with Crippen LogP contribution in [0.4, 0.5) is 0 Å². The molecule has 33 heavy (non-hydrogen) atoms. The van der Waals surface area contributed by atoms with E-state index < -0.39 is 11.8 Å². The van der Waals surface area contributed by atoms with Gasteiger partial charge in [0.1, 0.15) is 6.61 Å². The van der Waals surface area contributed by atoms with Crippen LogP contribution < -0.4 is 11.0 Å². The van der Waals surface area contributed by atoms with Crippen LogP contribution in [0.1, 0.15) is 59.5 Å². The zero-order valence-corrected chi connectivity index (χ0v) is 19.5. The molecule has 3 aromatic rings. The highest BCUT2D eigenvalue weighted by Crippen LogP contribution is 2.23. The molecule has 3 N–H and O–H groups in total. The highest BCUT2D eigenvalue weighted by Gasteiger charge is 2.14. The molecule has 0 radical (unpaired) electrons. The first kappa shape index (κ1) is 24.4. The number of nitrogens with one attached hydrogen (secondary N) is 2. The third-order valence-corrected chi connectivity index (χ3v) is 5.63. The smallest absolute Gasteiger partial charge is 0.274 e. The zero-order chi connectivity index (χ0) is 24.0. The van der Waals surface area contributed by atoms with Crippen molar-refractivity contribution >= 4 is 22.6 Å². The van der Waals surface area contributed by atoms with Gasteiger partial charge in [0.05, 0.1) is 0 Å². The lowest BCUT2D eigenvalue weighted by molar-refractivity contribution is 0.0237. The maximum atomic E-state index is 12.3. The van der Waals surface area contributed by atoms with Crippen molar-refractivity contribution in [2.75, 3.05) is 0 Å². The fraction of sp³-hybridized carbons (Fsp3) is 0.308. The van der Waals surface area contributed by atoms with Crippen LogP contribution in [0.15, 0.2) is 60.7 Å². The summed E-state index contributed by atoms with van der Waals surface area (Å²) in [4.78, 5) is 31.6. The van der Waals surface area contributed by atoms with Crippen LogP contribution in [-0.4, -0.2) is 34.0 Å². The van der Waals surface area contributed by atoms with E-state index >= 15 is 0 Å². The summed E-state index contributed by atoms with van der Waals surface area (Å²) in [7, 11) is 0. The fourth-order valence-electron chi connectivity index (χ4n) is 3.87. The summed E-state index contributed by atoms with van der Waals surface area (Å²) in [5, 5.41) is 10.9. The predicted molar refractivity (Wildman–Crippen MR) is 128 cm³/mol. The molecule has 0 aliphatic rings. The van der Waals surface area contributed by atoms with Gasteiger partial charge in [-0.25, -0.2) is 11.0 Å². The monoisotopic (exact) mass is 449 g/mol. The summed E-state index contributed by atoms with van der Waals surface area (Å²) in [5.74, 6) is -1.06. The number of rotatable bonds is 9. The fourth-order valence-corrected chi connectivity index (χ4v) is 3.87. The molecule has 0 fully saturated rings. The third-order valence-electron chi connectivity index (χ3n) is 5.63. The van der Waals surface area contributed by atoms with Crippen molar-refractivity contribution in [1.29, 1.82) is 0 Å². The minimum atomic E-state index is -0.640. The molecule has 0 saturated heterocycles. The SMILES string of the molecule is CC(C)N(Cc1ccc2c(CONC(=O)c3ccc(C(=O)NO)cc3)cccc2c1)C(C)C. The lowest BCUT2D eigenvalue weighted by atomic mass is 10.0. The summed E-state index contributed by atoms with van der Waals surface area (Å²) in [5.41, 5.74) is 6.81. The Bertz CT molecular complexity index is 1100. The van der Waals surface area contributed by atoms with Crippen LogP contribution in [0, 0.1) is 0 Å². The van der Waals surface area contributed by atoms with Crippen molar-refractivity contribution in [1.82, 2.24) is 15.9 Å². The van der Waals surface area contributed by atoms with Gasteiger partial charge < -0.3 is 0 Å². The Morgan fingerprint density at radius 3 is 2.15 bits per heavy atom. The zero-order valence-electron chi connectivity index (χ0n) is 19.5. The van der Waals surface area contributed by atoms with Gasteiger partial charge in [0.15, 0.2) is 0 Å². The molecule has 7 heteroatoms. The molecule has 0 spiro atoms. The molecular weight excluding hydrogens is 418 g/mol. The van der Waals surface area contributed by atoms with E-state index in [1.807, 2.05) is 12.1 Å². The maximum absolute atomic E-state index is 12.3. The Kier molecular flexibility index (Phi) is 8.16. The number of fused-ring (bicyclic) bond motifs is 1. The Labute approximate surface area is 194 Å². The van der Waals surface area contributed by atoms with E-state index in [-0.39, 0.29) is 12.2 Å². The Morgan fingerprint density at radius 2 is 1.55 bits per heavy atom.